The predicted octanol–water partition coefficient (Wildman–Crippen LogP) is 0.209. The normalized spacial score (nSPS) is 15.3. The Morgan fingerprint density at radius 2 is 1.73 bits per heavy atom. The molecule has 1 saturated carbocycles. The van der Waals surface area contributed by atoms with Crippen LogP contribution in [0, 0.1) is 0 Å². The number of rotatable bonds is 4. The summed E-state index contributed by atoms with van der Waals surface area (Å²) in [6.45, 7) is 1.65. The van der Waals surface area contributed by atoms with Gasteiger partial charge in [0, 0.05) is 12.3 Å². The highest BCUT2D eigenvalue weighted by atomic mass is 32.2. The van der Waals surface area contributed by atoms with E-state index >= 15 is 0 Å². The van der Waals surface area contributed by atoms with Gasteiger partial charge in [0.05, 0.1) is 10.6 Å². The summed E-state index contributed by atoms with van der Waals surface area (Å²) in [5.41, 5.74) is 3.29. The molecule has 1 aliphatic carbocycles. The van der Waals surface area contributed by atoms with E-state index in [4.69, 9.17) is 0 Å². The summed E-state index contributed by atoms with van der Waals surface area (Å²) in [5, 5.41) is 6.40. The van der Waals surface area contributed by atoms with Crippen molar-refractivity contribution in [1.82, 2.24) is 10.7 Å². The average molecular weight is 323 g/mol. The fraction of sp³-hybridized carbons (Fsp3) is 0.357. The van der Waals surface area contributed by atoms with E-state index in [0.717, 1.165) is 19.1 Å². The Kier molecular flexibility index (Phi) is 4.60. The van der Waals surface area contributed by atoms with Crippen molar-refractivity contribution in [2.45, 2.75) is 30.7 Å². The van der Waals surface area contributed by atoms with Crippen LogP contribution < -0.4 is 10.7 Å². The van der Waals surface area contributed by atoms with Crippen LogP contribution in [0.3, 0.4) is 0 Å². The lowest BCUT2D eigenvalue weighted by molar-refractivity contribution is -0.139. The predicted molar refractivity (Wildman–Crippen MR) is 81.1 cm³/mol. The number of nitrogens with zero attached hydrogens (tertiary/aromatic N) is 1. The third-order valence-corrected chi connectivity index (χ3v) is 4.27. The lowest BCUT2D eigenvalue weighted by atomic mass is 10.1. The second-order valence-electron chi connectivity index (χ2n) is 5.18. The summed E-state index contributed by atoms with van der Waals surface area (Å²) >= 11 is 0. The summed E-state index contributed by atoms with van der Waals surface area (Å²) in [6.07, 6.45) is 2.92. The summed E-state index contributed by atoms with van der Waals surface area (Å²) in [4.78, 5) is 23.2. The minimum atomic E-state index is -3.25. The molecule has 7 nitrogen and oxygen atoms in total. The molecule has 8 heteroatoms. The molecule has 1 aromatic carbocycles. The van der Waals surface area contributed by atoms with Crippen LogP contribution in [0.15, 0.2) is 34.3 Å². The second kappa shape index (κ2) is 6.27. The zero-order chi connectivity index (χ0) is 16.3. The molecule has 0 aromatic heterocycles. The molecule has 118 valence electrons. The van der Waals surface area contributed by atoms with E-state index in [1.807, 2.05) is 0 Å². The number of sulfone groups is 1. The molecule has 0 saturated heterocycles. The van der Waals surface area contributed by atoms with Gasteiger partial charge in [0.1, 0.15) is 0 Å². The molecular formula is C14H17N3O4S. The third-order valence-electron chi connectivity index (χ3n) is 3.14. The van der Waals surface area contributed by atoms with Crippen molar-refractivity contribution >= 4 is 27.4 Å². The molecule has 1 aromatic rings. The van der Waals surface area contributed by atoms with Crippen LogP contribution in [0.1, 0.15) is 25.3 Å². The lowest BCUT2D eigenvalue weighted by Crippen LogP contribution is -2.39. The zero-order valence-corrected chi connectivity index (χ0v) is 13.1. The van der Waals surface area contributed by atoms with Gasteiger partial charge in [0.25, 0.3) is 0 Å². The molecule has 2 amide bonds. The van der Waals surface area contributed by atoms with Gasteiger partial charge in [-0.05, 0) is 37.5 Å². The SMILES string of the molecule is C/C(=N/NC(=O)C(=O)NC1CC1)c1ccc(S(C)(=O)=O)cc1. The van der Waals surface area contributed by atoms with Gasteiger partial charge >= 0.3 is 11.8 Å². The van der Waals surface area contributed by atoms with Crippen molar-refractivity contribution < 1.29 is 18.0 Å². The van der Waals surface area contributed by atoms with Crippen LogP contribution >= 0.6 is 0 Å². The standard InChI is InChI=1S/C14H17N3O4S/c1-9(10-3-7-12(8-4-10)22(2,20)21)16-17-14(19)13(18)15-11-5-6-11/h3-4,7-8,11H,5-6H2,1-2H3,(H,15,18)(H,17,19)/b16-9-. The largest absolute Gasteiger partial charge is 0.345 e. The van der Waals surface area contributed by atoms with Gasteiger partial charge < -0.3 is 5.32 Å². The Hall–Kier alpha value is -2.22. The van der Waals surface area contributed by atoms with Crippen LogP contribution in [-0.4, -0.2) is 38.2 Å². The maximum absolute atomic E-state index is 11.5. The highest BCUT2D eigenvalue weighted by Crippen LogP contribution is 2.18. The highest BCUT2D eigenvalue weighted by Gasteiger charge is 2.26. The number of carbonyl (C=O) groups is 2. The Balaban J connectivity index is 1.99. The Morgan fingerprint density at radius 1 is 1.14 bits per heavy atom. The highest BCUT2D eigenvalue weighted by molar-refractivity contribution is 7.90. The van der Waals surface area contributed by atoms with E-state index in [1.54, 1.807) is 19.1 Å². The number of hydrazone groups is 1. The first-order chi connectivity index (χ1) is 10.3. The van der Waals surface area contributed by atoms with Crippen molar-refractivity contribution in [2.75, 3.05) is 6.26 Å². The smallest absolute Gasteiger partial charge is 0.329 e. The molecule has 0 atom stereocenters. The zero-order valence-electron chi connectivity index (χ0n) is 12.3. The molecule has 0 unspecified atom stereocenters. The first-order valence-electron chi connectivity index (χ1n) is 6.73. The van der Waals surface area contributed by atoms with Gasteiger partial charge in [-0.25, -0.2) is 13.8 Å². The van der Waals surface area contributed by atoms with Crippen LogP contribution in [0.5, 0.6) is 0 Å². The molecule has 22 heavy (non-hydrogen) atoms. The van der Waals surface area contributed by atoms with E-state index < -0.39 is 21.7 Å². The number of nitrogens with one attached hydrogen (secondary N) is 2. The van der Waals surface area contributed by atoms with E-state index in [1.165, 1.54) is 12.1 Å². The Bertz CT molecular complexity index is 719. The maximum atomic E-state index is 11.5. The van der Waals surface area contributed by atoms with Gasteiger partial charge in [-0.2, -0.15) is 5.10 Å². The molecule has 0 heterocycles. The third kappa shape index (κ3) is 4.39. The fourth-order valence-electron chi connectivity index (χ4n) is 1.67. The number of hydrogen-bond acceptors (Lipinski definition) is 5. The van der Waals surface area contributed by atoms with Crippen LogP contribution in [0.2, 0.25) is 0 Å². The number of hydrogen-bond donors (Lipinski definition) is 2. The van der Waals surface area contributed by atoms with Gasteiger partial charge in [-0.3, -0.25) is 9.59 Å². The van der Waals surface area contributed by atoms with Crippen molar-refractivity contribution in [3.05, 3.63) is 29.8 Å². The van der Waals surface area contributed by atoms with Crippen LogP contribution in [-0.2, 0) is 19.4 Å². The summed E-state index contributed by atoms with van der Waals surface area (Å²) < 4.78 is 22.7. The monoisotopic (exact) mass is 323 g/mol. The first kappa shape index (κ1) is 16.2. The van der Waals surface area contributed by atoms with E-state index in [-0.39, 0.29) is 10.9 Å². The van der Waals surface area contributed by atoms with E-state index in [9.17, 15) is 18.0 Å². The summed E-state index contributed by atoms with van der Waals surface area (Å²) in [7, 11) is -3.25. The Labute approximate surface area is 128 Å². The molecule has 1 fully saturated rings. The number of amides is 2. The minimum absolute atomic E-state index is 0.104. The van der Waals surface area contributed by atoms with Crippen molar-refractivity contribution in [1.29, 1.82) is 0 Å². The molecule has 2 rings (SSSR count). The van der Waals surface area contributed by atoms with Crippen LogP contribution in [0.4, 0.5) is 0 Å². The average Bonchev–Trinajstić information content (AvgIpc) is 3.27. The van der Waals surface area contributed by atoms with Gasteiger partial charge in [0.2, 0.25) is 0 Å². The van der Waals surface area contributed by atoms with Crippen molar-refractivity contribution in [2.24, 2.45) is 5.10 Å². The Morgan fingerprint density at radius 3 is 2.23 bits per heavy atom. The molecule has 0 spiro atoms. The van der Waals surface area contributed by atoms with Gasteiger partial charge in [-0.1, -0.05) is 12.1 Å². The topological polar surface area (TPSA) is 105 Å². The van der Waals surface area contributed by atoms with Gasteiger partial charge in [-0.15, -0.1) is 0 Å². The molecular weight excluding hydrogens is 306 g/mol. The fourth-order valence-corrected chi connectivity index (χ4v) is 2.30. The van der Waals surface area contributed by atoms with Gasteiger partial charge in [0.15, 0.2) is 9.84 Å². The molecule has 0 bridgehead atoms. The molecule has 2 N–H and O–H groups in total. The molecule has 0 aliphatic heterocycles. The summed E-state index contributed by atoms with van der Waals surface area (Å²) in [5.74, 6) is -1.52. The number of carbonyl (C=O) groups excluding carboxylic acids is 2. The minimum Gasteiger partial charge on any atom is -0.345 e. The first-order valence-corrected chi connectivity index (χ1v) is 8.62. The lowest BCUT2D eigenvalue weighted by Gasteiger charge is -2.04. The molecule has 1 aliphatic rings. The van der Waals surface area contributed by atoms with Crippen molar-refractivity contribution in [3.63, 3.8) is 0 Å². The van der Waals surface area contributed by atoms with Crippen LogP contribution in [0.25, 0.3) is 0 Å². The number of benzene rings is 1. The van der Waals surface area contributed by atoms with E-state index in [2.05, 4.69) is 15.8 Å². The maximum Gasteiger partial charge on any atom is 0.329 e. The quantitative estimate of drug-likeness (QED) is 0.469. The summed E-state index contributed by atoms with van der Waals surface area (Å²) in [6, 6.07) is 6.21. The second-order valence-corrected chi connectivity index (χ2v) is 7.20. The van der Waals surface area contributed by atoms with E-state index in [0.29, 0.717) is 11.3 Å². The van der Waals surface area contributed by atoms with Crippen molar-refractivity contribution in [3.8, 4) is 0 Å². The molecule has 0 radical (unpaired) electrons.